The van der Waals surface area contributed by atoms with Crippen molar-refractivity contribution < 1.29 is 10.2 Å². The zero-order valence-corrected chi connectivity index (χ0v) is 19.7. The van der Waals surface area contributed by atoms with Crippen LogP contribution in [-0.2, 0) is 5.60 Å². The molecule has 2 N–H and O–H groups in total. The number of aliphatic hydroxyl groups is 2. The summed E-state index contributed by atoms with van der Waals surface area (Å²) in [5.41, 5.74) is 3.50. The van der Waals surface area contributed by atoms with Gasteiger partial charge in [0.15, 0.2) is 0 Å². The number of aliphatic hydroxyl groups excluding tert-OH is 1. The average Bonchev–Trinajstić information content (AvgIpc) is 2.88. The largest absolute Gasteiger partial charge is 0.396 e. The molecular weight excluding hydrogens is 406 g/mol. The van der Waals surface area contributed by atoms with E-state index in [4.69, 9.17) is 0 Å². The Hall–Kier alpha value is -2.46. The van der Waals surface area contributed by atoms with Gasteiger partial charge in [-0.1, -0.05) is 90.5 Å². The summed E-state index contributed by atoms with van der Waals surface area (Å²) in [7, 11) is 0. The predicted octanol–water partition coefficient (Wildman–Crippen LogP) is 5.50. The molecular formula is C30H37NO2. The van der Waals surface area contributed by atoms with Gasteiger partial charge in [0.1, 0.15) is 5.60 Å². The van der Waals surface area contributed by atoms with Crippen molar-refractivity contribution in [2.45, 2.75) is 44.1 Å². The Morgan fingerprint density at radius 3 is 1.91 bits per heavy atom. The van der Waals surface area contributed by atoms with Gasteiger partial charge in [-0.15, -0.1) is 0 Å². The second kappa shape index (κ2) is 11.1. The first kappa shape index (κ1) is 23.7. The van der Waals surface area contributed by atoms with Crippen molar-refractivity contribution in [2.75, 3.05) is 26.2 Å². The van der Waals surface area contributed by atoms with Crippen LogP contribution in [0.4, 0.5) is 0 Å². The maximum Gasteiger partial charge on any atom is 0.117 e. The summed E-state index contributed by atoms with van der Waals surface area (Å²) in [6, 6.07) is 28.9. The van der Waals surface area contributed by atoms with Crippen LogP contribution in [0.3, 0.4) is 0 Å². The zero-order valence-electron chi connectivity index (χ0n) is 19.7. The molecule has 1 unspecified atom stereocenters. The molecule has 3 nitrogen and oxygen atoms in total. The summed E-state index contributed by atoms with van der Waals surface area (Å²) >= 11 is 0. The number of aryl methyl sites for hydroxylation is 1. The van der Waals surface area contributed by atoms with Crippen LogP contribution in [0.25, 0.3) is 0 Å². The highest BCUT2D eigenvalue weighted by atomic mass is 16.3. The fraction of sp³-hybridized carbons (Fsp3) is 0.400. The van der Waals surface area contributed by atoms with Gasteiger partial charge in [0.25, 0.3) is 0 Å². The van der Waals surface area contributed by atoms with E-state index in [9.17, 15) is 10.2 Å². The molecule has 3 aromatic carbocycles. The van der Waals surface area contributed by atoms with Gasteiger partial charge in [-0.2, -0.15) is 0 Å². The van der Waals surface area contributed by atoms with Crippen molar-refractivity contribution in [3.63, 3.8) is 0 Å². The maximum atomic E-state index is 12.0. The van der Waals surface area contributed by atoms with Gasteiger partial charge in [0.05, 0.1) is 0 Å². The number of benzene rings is 3. The molecule has 0 radical (unpaired) electrons. The highest BCUT2D eigenvalue weighted by Gasteiger charge is 2.41. The normalized spacial score (nSPS) is 16.6. The minimum atomic E-state index is -0.956. The summed E-state index contributed by atoms with van der Waals surface area (Å²) < 4.78 is 0. The smallest absolute Gasteiger partial charge is 0.117 e. The highest BCUT2D eigenvalue weighted by Crippen LogP contribution is 2.41. The molecule has 0 amide bonds. The van der Waals surface area contributed by atoms with Crippen molar-refractivity contribution >= 4 is 0 Å². The number of likely N-dealkylation sites (tertiary alicyclic amines) is 1. The van der Waals surface area contributed by atoms with Crippen LogP contribution in [0.2, 0.25) is 0 Å². The molecule has 1 heterocycles. The van der Waals surface area contributed by atoms with Gasteiger partial charge in [0.2, 0.25) is 0 Å². The molecule has 0 aliphatic carbocycles. The van der Waals surface area contributed by atoms with Crippen LogP contribution in [0, 0.1) is 12.8 Å². The lowest BCUT2D eigenvalue weighted by Gasteiger charge is -2.42. The molecule has 0 aromatic heterocycles. The lowest BCUT2D eigenvalue weighted by molar-refractivity contribution is -0.0144. The number of piperidine rings is 1. The first-order valence-electron chi connectivity index (χ1n) is 12.3. The fourth-order valence-corrected chi connectivity index (χ4v) is 5.36. The van der Waals surface area contributed by atoms with Crippen LogP contribution in [0.1, 0.15) is 53.9 Å². The summed E-state index contributed by atoms with van der Waals surface area (Å²) in [4.78, 5) is 2.52. The lowest BCUT2D eigenvalue weighted by atomic mass is 9.72. The Balaban J connectivity index is 1.35. The van der Waals surface area contributed by atoms with E-state index in [0.29, 0.717) is 0 Å². The van der Waals surface area contributed by atoms with Crippen LogP contribution >= 0.6 is 0 Å². The van der Waals surface area contributed by atoms with Gasteiger partial charge in [-0.25, -0.2) is 0 Å². The molecule has 1 saturated heterocycles. The Morgan fingerprint density at radius 1 is 0.848 bits per heavy atom. The minimum Gasteiger partial charge on any atom is -0.396 e. The lowest BCUT2D eigenvalue weighted by Crippen LogP contribution is -2.44. The summed E-state index contributed by atoms with van der Waals surface area (Å²) in [6.07, 6.45) is 4.02. The van der Waals surface area contributed by atoms with Crippen molar-refractivity contribution in [3.8, 4) is 0 Å². The second-order valence-electron chi connectivity index (χ2n) is 9.55. The maximum absolute atomic E-state index is 12.0. The molecule has 1 fully saturated rings. The predicted molar refractivity (Wildman–Crippen MR) is 135 cm³/mol. The summed E-state index contributed by atoms with van der Waals surface area (Å²) in [6.45, 7) is 5.34. The average molecular weight is 444 g/mol. The van der Waals surface area contributed by atoms with Gasteiger partial charge in [0, 0.05) is 12.5 Å². The third-order valence-electron chi connectivity index (χ3n) is 7.40. The van der Waals surface area contributed by atoms with Crippen LogP contribution in [0.5, 0.6) is 0 Å². The Bertz CT molecular complexity index is 924. The fourth-order valence-electron chi connectivity index (χ4n) is 5.36. The van der Waals surface area contributed by atoms with E-state index < -0.39 is 5.60 Å². The Kier molecular flexibility index (Phi) is 7.97. The van der Waals surface area contributed by atoms with E-state index in [2.05, 4.69) is 60.4 Å². The van der Waals surface area contributed by atoms with Crippen LogP contribution in [0.15, 0.2) is 84.9 Å². The molecule has 1 atom stereocenters. The molecule has 0 bridgehead atoms. The van der Waals surface area contributed by atoms with Gasteiger partial charge in [-0.05, 0) is 74.8 Å². The van der Waals surface area contributed by atoms with E-state index in [1.165, 1.54) is 11.1 Å². The van der Waals surface area contributed by atoms with Crippen molar-refractivity contribution in [1.29, 1.82) is 0 Å². The molecule has 174 valence electrons. The molecule has 1 aliphatic heterocycles. The zero-order chi connectivity index (χ0) is 23.1. The number of nitrogens with zero attached hydrogens (tertiary/aromatic N) is 1. The van der Waals surface area contributed by atoms with E-state index in [0.717, 1.165) is 56.4 Å². The Labute approximate surface area is 198 Å². The standard InChI is InChI=1S/C30H37NO2/c1-24-14-16-25(17-15-24)26(23-32)9-8-20-31-21-18-29(19-22-31)30(33,27-10-4-2-5-11-27)28-12-6-3-7-13-28/h2-7,10-17,26,29,32-33H,8-9,18-23H2,1H3. The summed E-state index contributed by atoms with van der Waals surface area (Å²) in [5.74, 6) is 0.403. The van der Waals surface area contributed by atoms with E-state index in [1.807, 2.05) is 36.4 Å². The van der Waals surface area contributed by atoms with Crippen LogP contribution in [-0.4, -0.2) is 41.4 Å². The quantitative estimate of drug-likeness (QED) is 0.459. The molecule has 3 aromatic rings. The monoisotopic (exact) mass is 443 g/mol. The number of hydrogen-bond acceptors (Lipinski definition) is 3. The topological polar surface area (TPSA) is 43.7 Å². The van der Waals surface area contributed by atoms with Crippen molar-refractivity contribution in [1.82, 2.24) is 4.90 Å². The van der Waals surface area contributed by atoms with Gasteiger partial charge in [-0.3, -0.25) is 0 Å². The van der Waals surface area contributed by atoms with Crippen molar-refractivity contribution in [2.24, 2.45) is 5.92 Å². The van der Waals surface area contributed by atoms with E-state index >= 15 is 0 Å². The van der Waals surface area contributed by atoms with Gasteiger partial charge >= 0.3 is 0 Å². The first-order chi connectivity index (χ1) is 16.1. The SMILES string of the molecule is Cc1ccc(C(CO)CCCN2CCC(C(O)(c3ccccc3)c3ccccc3)CC2)cc1. The number of hydrogen-bond donors (Lipinski definition) is 2. The molecule has 4 rings (SSSR count). The molecule has 33 heavy (non-hydrogen) atoms. The first-order valence-corrected chi connectivity index (χ1v) is 12.3. The van der Waals surface area contributed by atoms with Crippen molar-refractivity contribution in [3.05, 3.63) is 107 Å². The van der Waals surface area contributed by atoms with E-state index in [-0.39, 0.29) is 18.4 Å². The highest BCUT2D eigenvalue weighted by molar-refractivity contribution is 5.37. The Morgan fingerprint density at radius 2 is 1.39 bits per heavy atom. The molecule has 0 saturated carbocycles. The third-order valence-corrected chi connectivity index (χ3v) is 7.40. The molecule has 0 spiro atoms. The summed E-state index contributed by atoms with van der Waals surface area (Å²) in [5, 5.41) is 21.9. The second-order valence-corrected chi connectivity index (χ2v) is 9.55. The van der Waals surface area contributed by atoms with Gasteiger partial charge < -0.3 is 15.1 Å². The minimum absolute atomic E-state index is 0.191. The third kappa shape index (κ3) is 5.55. The molecule has 1 aliphatic rings. The van der Waals surface area contributed by atoms with Crippen LogP contribution < -0.4 is 0 Å². The number of rotatable bonds is 9. The van der Waals surface area contributed by atoms with E-state index in [1.54, 1.807) is 0 Å². The molecule has 3 heteroatoms.